The number of ether oxygens (including phenoxy) is 1. The average molecular weight is 262 g/mol. The number of hydrogen-bond acceptors (Lipinski definition) is 3. The lowest BCUT2D eigenvalue weighted by molar-refractivity contribution is -0.127. The molecule has 1 aromatic carbocycles. The third kappa shape index (κ3) is 4.56. The van der Waals surface area contributed by atoms with Gasteiger partial charge in [0.05, 0.1) is 0 Å². The van der Waals surface area contributed by atoms with Crippen LogP contribution in [0.1, 0.15) is 32.3 Å². The first-order valence-corrected chi connectivity index (χ1v) is 6.95. The van der Waals surface area contributed by atoms with Gasteiger partial charge >= 0.3 is 0 Å². The van der Waals surface area contributed by atoms with E-state index in [2.05, 4.69) is 17.6 Å². The van der Waals surface area contributed by atoms with Crippen molar-refractivity contribution in [1.82, 2.24) is 10.6 Å². The lowest BCUT2D eigenvalue weighted by Gasteiger charge is -2.15. The summed E-state index contributed by atoms with van der Waals surface area (Å²) in [5, 5.41) is 6.21. The second-order valence-electron chi connectivity index (χ2n) is 4.97. The monoisotopic (exact) mass is 262 g/mol. The molecule has 1 aromatic rings. The molecule has 2 N–H and O–H groups in total. The molecule has 1 atom stereocenters. The molecular formula is C15H22N2O2. The van der Waals surface area contributed by atoms with Crippen molar-refractivity contribution >= 4 is 5.91 Å². The predicted octanol–water partition coefficient (Wildman–Crippen LogP) is 1.84. The van der Waals surface area contributed by atoms with Gasteiger partial charge in [0.2, 0.25) is 0 Å². The molecule has 4 heteroatoms. The highest BCUT2D eigenvalue weighted by Gasteiger charge is 2.26. The fraction of sp³-hybridized carbons (Fsp3) is 0.533. The lowest BCUT2D eigenvalue weighted by atomic mass is 10.2. The van der Waals surface area contributed by atoms with Crippen LogP contribution in [0.2, 0.25) is 0 Å². The van der Waals surface area contributed by atoms with E-state index in [0.29, 0.717) is 6.04 Å². The maximum atomic E-state index is 11.8. The first-order valence-electron chi connectivity index (χ1n) is 6.95. The van der Waals surface area contributed by atoms with E-state index in [0.717, 1.165) is 37.2 Å². The number of hydrogen-bond donors (Lipinski definition) is 2. The minimum Gasteiger partial charge on any atom is -0.481 e. The van der Waals surface area contributed by atoms with Crippen molar-refractivity contribution in [2.45, 2.75) is 45.4 Å². The Morgan fingerprint density at radius 3 is 2.95 bits per heavy atom. The zero-order valence-electron chi connectivity index (χ0n) is 11.6. The van der Waals surface area contributed by atoms with Gasteiger partial charge in [-0.25, -0.2) is 0 Å². The number of nitrogens with one attached hydrogen (secondary N) is 2. The van der Waals surface area contributed by atoms with E-state index in [1.165, 1.54) is 0 Å². The van der Waals surface area contributed by atoms with Crippen LogP contribution in [0.5, 0.6) is 5.75 Å². The number of benzene rings is 1. The van der Waals surface area contributed by atoms with Gasteiger partial charge in [0.15, 0.2) is 6.10 Å². The van der Waals surface area contributed by atoms with Crippen LogP contribution in [0.3, 0.4) is 0 Å². The molecule has 0 saturated heterocycles. The Balaban J connectivity index is 1.87. The molecule has 1 aliphatic carbocycles. The molecule has 0 radical (unpaired) electrons. The maximum absolute atomic E-state index is 11.8. The van der Waals surface area contributed by atoms with Crippen LogP contribution in [0.4, 0.5) is 0 Å². The first kappa shape index (κ1) is 13.9. The highest BCUT2D eigenvalue weighted by Crippen LogP contribution is 2.19. The van der Waals surface area contributed by atoms with E-state index in [4.69, 9.17) is 4.74 Å². The van der Waals surface area contributed by atoms with Gasteiger partial charge in [-0.05, 0) is 44.0 Å². The highest BCUT2D eigenvalue weighted by molar-refractivity contribution is 5.81. The summed E-state index contributed by atoms with van der Waals surface area (Å²) in [6.07, 6.45) is 1.74. The van der Waals surface area contributed by atoms with Gasteiger partial charge in [0.1, 0.15) is 5.75 Å². The molecule has 1 fully saturated rings. The van der Waals surface area contributed by atoms with Crippen molar-refractivity contribution in [3.05, 3.63) is 29.8 Å². The molecule has 1 aliphatic rings. The molecule has 1 saturated carbocycles. The Kier molecular flexibility index (Phi) is 4.80. The van der Waals surface area contributed by atoms with Gasteiger partial charge in [0, 0.05) is 12.6 Å². The van der Waals surface area contributed by atoms with E-state index in [1.54, 1.807) is 6.92 Å². The van der Waals surface area contributed by atoms with Gasteiger partial charge < -0.3 is 15.4 Å². The normalized spacial score (nSPS) is 15.9. The molecule has 1 unspecified atom stereocenters. The van der Waals surface area contributed by atoms with Gasteiger partial charge in [-0.15, -0.1) is 0 Å². The molecular weight excluding hydrogens is 240 g/mol. The largest absolute Gasteiger partial charge is 0.481 e. The Morgan fingerprint density at radius 2 is 2.26 bits per heavy atom. The zero-order valence-corrected chi connectivity index (χ0v) is 11.6. The standard InChI is InChI=1S/C15H22N2O2/c1-3-16-10-12-5-4-6-14(9-12)19-11(2)15(18)17-13-7-8-13/h4-6,9,11,13,16H,3,7-8,10H2,1-2H3,(H,17,18). The molecule has 0 spiro atoms. The first-order chi connectivity index (χ1) is 9.19. The van der Waals surface area contributed by atoms with Crippen molar-refractivity contribution in [1.29, 1.82) is 0 Å². The SMILES string of the molecule is CCNCc1cccc(OC(C)C(=O)NC2CC2)c1. The van der Waals surface area contributed by atoms with Gasteiger partial charge in [-0.1, -0.05) is 19.1 Å². The van der Waals surface area contributed by atoms with Crippen LogP contribution < -0.4 is 15.4 Å². The van der Waals surface area contributed by atoms with E-state index < -0.39 is 6.10 Å². The maximum Gasteiger partial charge on any atom is 0.260 e. The topological polar surface area (TPSA) is 50.4 Å². The third-order valence-corrected chi connectivity index (χ3v) is 3.08. The molecule has 0 aromatic heterocycles. The predicted molar refractivity (Wildman–Crippen MR) is 75.1 cm³/mol. The smallest absolute Gasteiger partial charge is 0.260 e. The fourth-order valence-electron chi connectivity index (χ4n) is 1.80. The highest BCUT2D eigenvalue weighted by atomic mass is 16.5. The van der Waals surface area contributed by atoms with Gasteiger partial charge in [-0.2, -0.15) is 0 Å². The molecule has 1 amide bonds. The van der Waals surface area contributed by atoms with Crippen molar-refractivity contribution < 1.29 is 9.53 Å². The number of carbonyl (C=O) groups excluding carboxylic acids is 1. The Bertz CT molecular complexity index is 430. The minimum absolute atomic E-state index is 0.0282. The second-order valence-corrected chi connectivity index (χ2v) is 4.97. The van der Waals surface area contributed by atoms with Crippen molar-refractivity contribution in [3.8, 4) is 5.75 Å². The van der Waals surface area contributed by atoms with Crippen LogP contribution in [0.25, 0.3) is 0 Å². The Labute approximate surface area is 114 Å². The van der Waals surface area contributed by atoms with Crippen LogP contribution in [-0.2, 0) is 11.3 Å². The quantitative estimate of drug-likeness (QED) is 0.788. The summed E-state index contributed by atoms with van der Waals surface area (Å²) in [6.45, 7) is 5.61. The molecule has 0 heterocycles. The summed E-state index contributed by atoms with van der Waals surface area (Å²) >= 11 is 0. The summed E-state index contributed by atoms with van der Waals surface area (Å²) in [4.78, 5) is 11.8. The van der Waals surface area contributed by atoms with Crippen molar-refractivity contribution in [2.24, 2.45) is 0 Å². The molecule has 2 rings (SSSR count). The third-order valence-electron chi connectivity index (χ3n) is 3.08. The molecule has 104 valence electrons. The second kappa shape index (κ2) is 6.57. The minimum atomic E-state index is -0.449. The molecule has 19 heavy (non-hydrogen) atoms. The van der Waals surface area contributed by atoms with Crippen molar-refractivity contribution in [3.63, 3.8) is 0 Å². The average Bonchev–Trinajstić information content (AvgIpc) is 3.20. The fourth-order valence-corrected chi connectivity index (χ4v) is 1.80. The molecule has 0 aliphatic heterocycles. The summed E-state index contributed by atoms with van der Waals surface area (Å²) in [7, 11) is 0. The van der Waals surface area contributed by atoms with Crippen LogP contribution in [0.15, 0.2) is 24.3 Å². The van der Waals surface area contributed by atoms with E-state index in [9.17, 15) is 4.79 Å². The summed E-state index contributed by atoms with van der Waals surface area (Å²) in [5.41, 5.74) is 1.16. The summed E-state index contributed by atoms with van der Waals surface area (Å²) < 4.78 is 5.69. The number of carbonyl (C=O) groups is 1. The number of amides is 1. The van der Waals surface area contributed by atoms with E-state index in [1.807, 2.05) is 24.3 Å². The van der Waals surface area contributed by atoms with E-state index >= 15 is 0 Å². The van der Waals surface area contributed by atoms with E-state index in [-0.39, 0.29) is 5.91 Å². The van der Waals surface area contributed by atoms with Crippen LogP contribution in [-0.4, -0.2) is 24.6 Å². The van der Waals surface area contributed by atoms with Gasteiger partial charge in [0.25, 0.3) is 5.91 Å². The van der Waals surface area contributed by atoms with Gasteiger partial charge in [-0.3, -0.25) is 4.79 Å². The summed E-state index contributed by atoms with van der Waals surface area (Å²) in [5.74, 6) is 0.716. The Hall–Kier alpha value is -1.55. The molecule has 4 nitrogen and oxygen atoms in total. The van der Waals surface area contributed by atoms with Crippen LogP contribution in [0, 0.1) is 0 Å². The van der Waals surface area contributed by atoms with Crippen LogP contribution >= 0.6 is 0 Å². The number of rotatable bonds is 7. The lowest BCUT2D eigenvalue weighted by Crippen LogP contribution is -2.37. The van der Waals surface area contributed by atoms with Crippen molar-refractivity contribution in [2.75, 3.05) is 6.54 Å². The summed E-state index contributed by atoms with van der Waals surface area (Å²) in [6, 6.07) is 8.23. The molecule has 0 bridgehead atoms. The zero-order chi connectivity index (χ0) is 13.7. The Morgan fingerprint density at radius 1 is 1.47 bits per heavy atom.